The minimum Gasteiger partial charge on any atom is -0.346 e. The Morgan fingerprint density at radius 3 is 2.96 bits per heavy atom. The van der Waals surface area contributed by atoms with E-state index < -0.39 is 0 Å². The summed E-state index contributed by atoms with van der Waals surface area (Å²) < 4.78 is 0. The molecule has 3 heterocycles. The molecule has 0 saturated heterocycles. The zero-order valence-electron chi connectivity index (χ0n) is 13.1. The Morgan fingerprint density at radius 1 is 1.33 bits per heavy atom. The van der Waals surface area contributed by atoms with Gasteiger partial charge in [0.1, 0.15) is 17.9 Å². The highest BCUT2D eigenvalue weighted by Gasteiger charge is 2.24. The number of H-pyrrole nitrogens is 1. The number of hydrogen-bond acceptors (Lipinski definition) is 5. The molecule has 1 atom stereocenters. The maximum atomic E-state index is 8.73. The van der Waals surface area contributed by atoms with Crippen molar-refractivity contribution in [3.05, 3.63) is 35.9 Å². The molecule has 1 N–H and O–H groups in total. The van der Waals surface area contributed by atoms with Crippen molar-refractivity contribution in [2.75, 3.05) is 0 Å². The summed E-state index contributed by atoms with van der Waals surface area (Å²) in [5.74, 6) is 3.15. The third-order valence-corrected chi connectivity index (χ3v) is 4.57. The van der Waals surface area contributed by atoms with Gasteiger partial charge < -0.3 is 4.98 Å². The second-order valence-electron chi connectivity index (χ2n) is 6.00. The zero-order chi connectivity index (χ0) is 16.4. The quantitative estimate of drug-likeness (QED) is 0.682. The molecule has 2 aliphatic rings. The molecule has 1 fully saturated rings. The summed E-state index contributed by atoms with van der Waals surface area (Å²) in [6.07, 6.45) is 10.8. The lowest BCUT2D eigenvalue weighted by Gasteiger charge is -2.30. The van der Waals surface area contributed by atoms with Crippen LogP contribution in [0.15, 0.2) is 35.3 Å². The largest absolute Gasteiger partial charge is 0.346 e. The van der Waals surface area contributed by atoms with Crippen LogP contribution in [-0.2, 0) is 0 Å². The second kappa shape index (κ2) is 6.17. The molecule has 6 heteroatoms. The predicted octanol–water partition coefficient (Wildman–Crippen LogP) is 2.70. The molecule has 24 heavy (non-hydrogen) atoms. The Kier molecular flexibility index (Phi) is 3.72. The Balaban J connectivity index is 1.49. The van der Waals surface area contributed by atoms with E-state index in [1.54, 1.807) is 12.4 Å². The third-order valence-electron chi connectivity index (χ3n) is 4.57. The normalized spacial score (nSPS) is 22.8. The van der Waals surface area contributed by atoms with Gasteiger partial charge in [0.05, 0.1) is 17.8 Å². The molecule has 118 valence electrons. The number of allylic oxidation sites excluding steroid dienone is 2. The van der Waals surface area contributed by atoms with E-state index in [9.17, 15) is 0 Å². The smallest absolute Gasteiger partial charge is 0.141 e. The molecule has 1 saturated carbocycles. The molecule has 0 bridgehead atoms. The Hall–Kier alpha value is -3.12. The fourth-order valence-corrected chi connectivity index (χ4v) is 3.26. The first-order valence-corrected chi connectivity index (χ1v) is 8.05. The topological polar surface area (TPSA) is 81.0 Å². The van der Waals surface area contributed by atoms with E-state index in [-0.39, 0.29) is 5.92 Å². The van der Waals surface area contributed by atoms with Crippen LogP contribution < -0.4 is 0 Å². The average molecular weight is 316 g/mol. The van der Waals surface area contributed by atoms with Crippen LogP contribution in [0.1, 0.15) is 37.3 Å². The molecule has 4 rings (SSSR count). The number of nitrogens with zero attached hydrogens (tertiary/aromatic N) is 5. The highest BCUT2D eigenvalue weighted by Crippen LogP contribution is 2.28. The van der Waals surface area contributed by atoms with Gasteiger partial charge in [0.15, 0.2) is 0 Å². The summed E-state index contributed by atoms with van der Waals surface area (Å²) in [5.41, 5.74) is 2.94. The number of rotatable bonds is 2. The van der Waals surface area contributed by atoms with Gasteiger partial charge >= 0.3 is 0 Å². The Labute approximate surface area is 139 Å². The summed E-state index contributed by atoms with van der Waals surface area (Å²) in [6.45, 7) is 0. The van der Waals surface area contributed by atoms with Gasteiger partial charge in [0.25, 0.3) is 0 Å². The van der Waals surface area contributed by atoms with Crippen LogP contribution in [0, 0.1) is 23.3 Å². The average Bonchev–Trinajstić information content (AvgIpc) is 3.12. The molecular formula is C18H16N6. The lowest BCUT2D eigenvalue weighted by molar-refractivity contribution is 0.258. The highest BCUT2D eigenvalue weighted by atomic mass is 15.5. The van der Waals surface area contributed by atoms with Crippen LogP contribution in [0.2, 0.25) is 0 Å². The van der Waals surface area contributed by atoms with Gasteiger partial charge in [-0.3, -0.25) is 0 Å². The minimum absolute atomic E-state index is 0.111. The summed E-state index contributed by atoms with van der Waals surface area (Å²) in [4.78, 5) is 11.7. The van der Waals surface area contributed by atoms with Crippen LogP contribution in [0.4, 0.5) is 0 Å². The molecule has 2 aromatic rings. The number of aromatic amines is 1. The van der Waals surface area contributed by atoms with E-state index in [4.69, 9.17) is 5.26 Å². The van der Waals surface area contributed by atoms with E-state index in [1.165, 1.54) is 5.57 Å². The standard InChI is InChI=1S/C18H16N6/c19-8-5-13-1-3-15(4-2-13)24-10-7-14(11-23-24)17-16-6-9-20-18(16)22-12-21-17/h5-6,9,11-12,14-15H,1-4H2,(H,20,21,22). The summed E-state index contributed by atoms with van der Waals surface area (Å²) >= 11 is 0. The van der Waals surface area contributed by atoms with E-state index in [2.05, 4.69) is 38.1 Å². The van der Waals surface area contributed by atoms with Crippen molar-refractivity contribution in [2.24, 2.45) is 5.10 Å². The molecule has 1 aliphatic heterocycles. The van der Waals surface area contributed by atoms with Crippen molar-refractivity contribution in [1.82, 2.24) is 20.0 Å². The number of hydrogen-bond donors (Lipinski definition) is 1. The lowest BCUT2D eigenvalue weighted by Crippen LogP contribution is -2.31. The Morgan fingerprint density at radius 2 is 2.21 bits per heavy atom. The summed E-state index contributed by atoms with van der Waals surface area (Å²) in [5, 5.41) is 16.1. The summed E-state index contributed by atoms with van der Waals surface area (Å²) in [7, 11) is 0. The van der Waals surface area contributed by atoms with Crippen molar-refractivity contribution in [2.45, 2.75) is 37.6 Å². The fraction of sp³-hybridized carbons (Fsp3) is 0.333. The molecule has 0 spiro atoms. The van der Waals surface area contributed by atoms with E-state index in [0.29, 0.717) is 6.04 Å². The first-order valence-electron chi connectivity index (χ1n) is 8.05. The molecule has 2 aromatic heterocycles. The van der Waals surface area contributed by atoms with Gasteiger partial charge in [0, 0.05) is 29.9 Å². The van der Waals surface area contributed by atoms with Gasteiger partial charge in [-0.25, -0.2) is 15.0 Å². The molecule has 1 unspecified atom stereocenters. The monoisotopic (exact) mass is 316 g/mol. The van der Waals surface area contributed by atoms with Gasteiger partial charge in [-0.15, -0.1) is 0 Å². The van der Waals surface area contributed by atoms with E-state index in [0.717, 1.165) is 42.4 Å². The SMILES string of the molecule is N#CC=C1CCC(N2C#CC(c3ncnc4[nH]ccc34)C=N2)CC1. The molecular weight excluding hydrogens is 300 g/mol. The Bertz CT molecular complexity index is 910. The number of nitrogens with one attached hydrogen (secondary N) is 1. The highest BCUT2D eigenvalue weighted by molar-refractivity contribution is 5.85. The maximum Gasteiger partial charge on any atom is 0.141 e. The summed E-state index contributed by atoms with van der Waals surface area (Å²) in [6, 6.07) is 7.58. The van der Waals surface area contributed by atoms with Crippen LogP contribution in [-0.4, -0.2) is 32.2 Å². The molecule has 0 aromatic carbocycles. The molecule has 1 aliphatic carbocycles. The first kappa shape index (κ1) is 14.5. The third kappa shape index (κ3) is 2.63. The van der Waals surface area contributed by atoms with Crippen LogP contribution in [0.5, 0.6) is 0 Å². The maximum absolute atomic E-state index is 8.73. The van der Waals surface area contributed by atoms with Gasteiger partial charge in [0.2, 0.25) is 0 Å². The van der Waals surface area contributed by atoms with Crippen molar-refractivity contribution in [3.8, 4) is 18.0 Å². The van der Waals surface area contributed by atoms with Crippen LogP contribution in [0.3, 0.4) is 0 Å². The van der Waals surface area contributed by atoms with Crippen molar-refractivity contribution in [3.63, 3.8) is 0 Å². The number of fused-ring (bicyclic) bond motifs is 1. The lowest BCUT2D eigenvalue weighted by atomic mass is 9.90. The van der Waals surface area contributed by atoms with Crippen molar-refractivity contribution < 1.29 is 0 Å². The van der Waals surface area contributed by atoms with E-state index in [1.807, 2.05) is 23.5 Å². The molecule has 0 amide bonds. The molecule has 6 nitrogen and oxygen atoms in total. The fourth-order valence-electron chi connectivity index (χ4n) is 3.26. The van der Waals surface area contributed by atoms with Crippen LogP contribution >= 0.6 is 0 Å². The molecule has 0 radical (unpaired) electrons. The number of aromatic nitrogens is 3. The second-order valence-corrected chi connectivity index (χ2v) is 6.00. The van der Waals surface area contributed by atoms with Crippen molar-refractivity contribution >= 4 is 17.2 Å². The number of hydrazone groups is 1. The van der Waals surface area contributed by atoms with Gasteiger partial charge in [-0.1, -0.05) is 11.5 Å². The minimum atomic E-state index is -0.111. The van der Waals surface area contributed by atoms with E-state index >= 15 is 0 Å². The van der Waals surface area contributed by atoms with Gasteiger partial charge in [-0.05, 0) is 31.7 Å². The van der Waals surface area contributed by atoms with Crippen molar-refractivity contribution in [1.29, 1.82) is 5.26 Å². The number of nitriles is 1. The zero-order valence-corrected chi connectivity index (χ0v) is 13.1. The van der Waals surface area contributed by atoms with Crippen LogP contribution in [0.25, 0.3) is 11.0 Å². The first-order chi connectivity index (χ1) is 11.8. The van der Waals surface area contributed by atoms with Gasteiger partial charge in [-0.2, -0.15) is 10.4 Å². The predicted molar refractivity (Wildman–Crippen MR) is 90.7 cm³/mol.